The lowest BCUT2D eigenvalue weighted by Crippen LogP contribution is -2.31. The van der Waals surface area contributed by atoms with Crippen molar-refractivity contribution >= 4 is 11.8 Å². The molecule has 2 aromatic carbocycles. The van der Waals surface area contributed by atoms with E-state index < -0.39 is 0 Å². The molecule has 26 heavy (non-hydrogen) atoms. The van der Waals surface area contributed by atoms with E-state index in [4.69, 9.17) is 0 Å². The number of fused-ring (bicyclic) bond motifs is 1. The van der Waals surface area contributed by atoms with Gasteiger partial charge < -0.3 is 10.6 Å². The van der Waals surface area contributed by atoms with Crippen molar-refractivity contribution < 1.29 is 9.59 Å². The van der Waals surface area contributed by atoms with Crippen molar-refractivity contribution in [3.05, 3.63) is 71.3 Å². The number of rotatable bonds is 7. The Morgan fingerprint density at radius 1 is 0.962 bits per heavy atom. The summed E-state index contributed by atoms with van der Waals surface area (Å²) in [5.74, 6) is 0.383. The van der Waals surface area contributed by atoms with Crippen LogP contribution < -0.4 is 10.6 Å². The highest BCUT2D eigenvalue weighted by Crippen LogP contribution is 2.30. The van der Waals surface area contributed by atoms with Crippen LogP contribution in [-0.4, -0.2) is 24.9 Å². The number of aryl methyl sites for hydroxylation is 1. The molecule has 0 spiro atoms. The smallest absolute Gasteiger partial charge is 0.251 e. The molecule has 1 aliphatic carbocycles. The first-order chi connectivity index (χ1) is 12.7. The predicted octanol–water partition coefficient (Wildman–Crippen LogP) is 3.43. The molecule has 1 unspecified atom stereocenters. The molecule has 0 aromatic heterocycles. The molecule has 2 N–H and O–H groups in total. The van der Waals surface area contributed by atoms with Gasteiger partial charge in [0.05, 0.1) is 0 Å². The Labute approximate surface area is 155 Å². The maximum atomic E-state index is 12.1. The lowest BCUT2D eigenvalue weighted by atomic mass is 9.83. The first-order valence-electron chi connectivity index (χ1n) is 9.42. The van der Waals surface area contributed by atoms with E-state index in [2.05, 4.69) is 34.9 Å². The zero-order chi connectivity index (χ0) is 18.2. The third-order valence-electron chi connectivity index (χ3n) is 4.94. The predicted molar refractivity (Wildman–Crippen MR) is 103 cm³/mol. The fraction of sp³-hybridized carbons (Fsp3) is 0.364. The van der Waals surface area contributed by atoms with Gasteiger partial charge in [0.25, 0.3) is 5.91 Å². The Kier molecular flexibility index (Phi) is 6.42. The van der Waals surface area contributed by atoms with Crippen molar-refractivity contribution in [3.63, 3.8) is 0 Å². The summed E-state index contributed by atoms with van der Waals surface area (Å²) in [4.78, 5) is 24.0. The second kappa shape index (κ2) is 9.18. The first-order valence-corrected chi connectivity index (χ1v) is 9.42. The molecule has 0 aliphatic heterocycles. The minimum Gasteiger partial charge on any atom is -0.355 e. The van der Waals surface area contributed by atoms with Crippen LogP contribution in [-0.2, 0) is 11.2 Å². The minimum atomic E-state index is -0.0928. The minimum absolute atomic E-state index is 0.0574. The van der Waals surface area contributed by atoms with E-state index >= 15 is 0 Å². The van der Waals surface area contributed by atoms with Crippen molar-refractivity contribution in [1.82, 2.24) is 10.6 Å². The van der Waals surface area contributed by atoms with Crippen LogP contribution in [0.2, 0.25) is 0 Å². The second-order valence-corrected chi connectivity index (χ2v) is 6.82. The van der Waals surface area contributed by atoms with Crippen molar-refractivity contribution in [1.29, 1.82) is 0 Å². The fourth-order valence-corrected chi connectivity index (χ4v) is 3.53. The molecule has 2 aromatic rings. The number of amides is 2. The monoisotopic (exact) mass is 350 g/mol. The van der Waals surface area contributed by atoms with Crippen LogP contribution in [0.15, 0.2) is 54.6 Å². The molecular formula is C22H26N2O2. The van der Waals surface area contributed by atoms with Crippen molar-refractivity contribution in [3.8, 4) is 0 Å². The van der Waals surface area contributed by atoms with Gasteiger partial charge in [0.15, 0.2) is 0 Å². The lowest BCUT2D eigenvalue weighted by Gasteiger charge is -2.25. The fourth-order valence-electron chi connectivity index (χ4n) is 3.53. The number of carbonyl (C=O) groups excluding carboxylic acids is 2. The van der Waals surface area contributed by atoms with Gasteiger partial charge >= 0.3 is 0 Å². The molecule has 136 valence electrons. The van der Waals surface area contributed by atoms with Crippen molar-refractivity contribution in [2.24, 2.45) is 0 Å². The first kappa shape index (κ1) is 18.2. The maximum absolute atomic E-state index is 12.1. The summed E-state index contributed by atoms with van der Waals surface area (Å²) in [6, 6.07) is 17.7. The van der Waals surface area contributed by atoms with Crippen LogP contribution in [0.1, 0.15) is 53.1 Å². The van der Waals surface area contributed by atoms with E-state index in [9.17, 15) is 9.59 Å². The highest BCUT2D eigenvalue weighted by molar-refractivity contribution is 5.94. The normalized spacial score (nSPS) is 15.8. The summed E-state index contributed by atoms with van der Waals surface area (Å²) in [5, 5.41) is 5.92. The number of hydrogen-bond acceptors (Lipinski definition) is 2. The third kappa shape index (κ3) is 4.94. The molecule has 4 heteroatoms. The van der Waals surface area contributed by atoms with Gasteiger partial charge in [0.2, 0.25) is 5.91 Å². The summed E-state index contributed by atoms with van der Waals surface area (Å²) in [5.41, 5.74) is 3.45. The summed E-state index contributed by atoms with van der Waals surface area (Å²) < 4.78 is 0. The standard InChI is InChI=1S/C22H26N2O2/c25-21(14-7-15-23-22(26)18-9-2-1-3-10-18)24-16-19-12-6-11-17-8-4-5-13-20(17)19/h1-5,8-10,13,19H,6-7,11-12,14-16H2,(H,23,26)(H,24,25). The highest BCUT2D eigenvalue weighted by atomic mass is 16.2. The molecule has 0 saturated heterocycles. The Hall–Kier alpha value is -2.62. The molecule has 2 amide bonds. The molecule has 0 fully saturated rings. The molecule has 3 rings (SSSR count). The SMILES string of the molecule is O=C(CCCNC(=O)c1ccccc1)NCC1CCCc2ccccc21. The van der Waals surface area contributed by atoms with Gasteiger partial charge in [0, 0.05) is 31.0 Å². The number of benzene rings is 2. The number of nitrogens with one attached hydrogen (secondary N) is 2. The lowest BCUT2D eigenvalue weighted by molar-refractivity contribution is -0.121. The second-order valence-electron chi connectivity index (χ2n) is 6.82. The number of carbonyl (C=O) groups is 2. The molecule has 0 bridgehead atoms. The van der Waals surface area contributed by atoms with E-state index in [-0.39, 0.29) is 11.8 Å². The van der Waals surface area contributed by atoms with Crippen molar-refractivity contribution in [2.45, 2.75) is 38.0 Å². The van der Waals surface area contributed by atoms with Crippen LogP contribution in [0, 0.1) is 0 Å². The van der Waals surface area contributed by atoms with E-state index in [1.54, 1.807) is 12.1 Å². The van der Waals surface area contributed by atoms with Gasteiger partial charge in [-0.15, -0.1) is 0 Å². The molecule has 0 heterocycles. The molecule has 1 aliphatic rings. The van der Waals surface area contributed by atoms with Crippen LogP contribution in [0.4, 0.5) is 0 Å². The van der Waals surface area contributed by atoms with Gasteiger partial charge in [-0.3, -0.25) is 9.59 Å². The van der Waals surface area contributed by atoms with Crippen LogP contribution >= 0.6 is 0 Å². The molecule has 0 radical (unpaired) electrons. The number of hydrogen-bond donors (Lipinski definition) is 2. The zero-order valence-electron chi connectivity index (χ0n) is 15.0. The van der Waals surface area contributed by atoms with Crippen LogP contribution in [0.5, 0.6) is 0 Å². The van der Waals surface area contributed by atoms with E-state index in [1.807, 2.05) is 18.2 Å². The topological polar surface area (TPSA) is 58.2 Å². The van der Waals surface area contributed by atoms with Gasteiger partial charge in [-0.2, -0.15) is 0 Å². The van der Waals surface area contributed by atoms with E-state index in [1.165, 1.54) is 17.5 Å². The highest BCUT2D eigenvalue weighted by Gasteiger charge is 2.20. The molecule has 0 saturated carbocycles. The summed E-state index contributed by atoms with van der Waals surface area (Å²) in [7, 11) is 0. The van der Waals surface area contributed by atoms with Crippen LogP contribution in [0.3, 0.4) is 0 Å². The zero-order valence-corrected chi connectivity index (χ0v) is 15.0. The quantitative estimate of drug-likeness (QED) is 0.752. The van der Waals surface area contributed by atoms with Gasteiger partial charge in [-0.05, 0) is 48.9 Å². The Morgan fingerprint density at radius 2 is 1.73 bits per heavy atom. The molecule has 1 atom stereocenters. The maximum Gasteiger partial charge on any atom is 0.251 e. The van der Waals surface area contributed by atoms with Crippen LogP contribution in [0.25, 0.3) is 0 Å². The Morgan fingerprint density at radius 3 is 2.58 bits per heavy atom. The van der Waals surface area contributed by atoms with E-state index in [0.29, 0.717) is 37.4 Å². The molecular weight excluding hydrogens is 324 g/mol. The van der Waals surface area contributed by atoms with Gasteiger partial charge in [-0.1, -0.05) is 42.5 Å². The largest absolute Gasteiger partial charge is 0.355 e. The van der Waals surface area contributed by atoms with Gasteiger partial charge in [-0.25, -0.2) is 0 Å². The summed E-state index contributed by atoms with van der Waals surface area (Å²) in [6.07, 6.45) is 4.53. The Balaban J connectivity index is 1.36. The Bertz CT molecular complexity index is 743. The average molecular weight is 350 g/mol. The average Bonchev–Trinajstić information content (AvgIpc) is 2.70. The summed E-state index contributed by atoms with van der Waals surface area (Å²) >= 11 is 0. The third-order valence-corrected chi connectivity index (χ3v) is 4.94. The van der Waals surface area contributed by atoms with E-state index in [0.717, 1.165) is 12.8 Å². The summed E-state index contributed by atoms with van der Waals surface area (Å²) in [6.45, 7) is 1.21. The van der Waals surface area contributed by atoms with Gasteiger partial charge in [0.1, 0.15) is 0 Å². The molecule has 4 nitrogen and oxygen atoms in total. The van der Waals surface area contributed by atoms with Crippen molar-refractivity contribution in [2.75, 3.05) is 13.1 Å².